The third-order valence-electron chi connectivity index (χ3n) is 4.39. The zero-order valence-corrected chi connectivity index (χ0v) is 14.2. The molecule has 4 heterocycles. The van der Waals surface area contributed by atoms with Gasteiger partial charge in [0.15, 0.2) is 0 Å². The summed E-state index contributed by atoms with van der Waals surface area (Å²) in [6.45, 7) is 2.47. The van der Waals surface area contributed by atoms with E-state index in [0.29, 0.717) is 17.5 Å². The van der Waals surface area contributed by atoms with E-state index in [9.17, 15) is 4.79 Å². The van der Waals surface area contributed by atoms with Gasteiger partial charge in [-0.15, -0.1) is 0 Å². The average Bonchev–Trinajstić information content (AvgIpc) is 2.52. The smallest absolute Gasteiger partial charge is 0.267 e. The van der Waals surface area contributed by atoms with E-state index < -0.39 is 0 Å². The molecule has 7 heteroatoms. The Kier molecular flexibility index (Phi) is 4.03. The van der Waals surface area contributed by atoms with Crippen molar-refractivity contribution in [3.63, 3.8) is 0 Å². The molecule has 0 N–H and O–H groups in total. The lowest BCUT2D eigenvalue weighted by atomic mass is 9.99. The van der Waals surface area contributed by atoms with Crippen LogP contribution < -0.4 is 10.5 Å². The van der Waals surface area contributed by atoms with Crippen LogP contribution in [0, 0.1) is 5.92 Å². The molecule has 0 radical (unpaired) electrons. The minimum Gasteiger partial charge on any atom is -0.369 e. The topological polar surface area (TPSA) is 51.0 Å². The lowest BCUT2D eigenvalue weighted by Crippen LogP contribution is -2.50. The van der Waals surface area contributed by atoms with Gasteiger partial charge in [0.05, 0.1) is 22.9 Å². The van der Waals surface area contributed by atoms with Gasteiger partial charge < -0.3 is 4.90 Å². The van der Waals surface area contributed by atoms with Crippen molar-refractivity contribution in [1.29, 1.82) is 0 Å². The highest BCUT2D eigenvalue weighted by Crippen LogP contribution is 2.30. The summed E-state index contributed by atoms with van der Waals surface area (Å²) in [6, 6.07) is 3.70. The molecule has 0 unspecified atom stereocenters. The number of fused-ring (bicyclic) bond motifs is 1. The van der Waals surface area contributed by atoms with Gasteiger partial charge in [-0.05, 0) is 17.4 Å². The number of thioether (sulfide) groups is 1. The van der Waals surface area contributed by atoms with E-state index in [1.165, 1.54) is 0 Å². The van der Waals surface area contributed by atoms with Crippen molar-refractivity contribution in [1.82, 2.24) is 14.8 Å². The molecule has 2 aromatic heterocycles. The molecule has 0 amide bonds. The minimum atomic E-state index is 0.0200. The summed E-state index contributed by atoms with van der Waals surface area (Å²) in [7, 11) is 0. The van der Waals surface area contributed by atoms with Crippen molar-refractivity contribution in [3.05, 3.63) is 51.2 Å². The quantitative estimate of drug-likeness (QED) is 0.851. The number of aromatic nitrogens is 3. The molecule has 0 aromatic carbocycles. The largest absolute Gasteiger partial charge is 0.369 e. The van der Waals surface area contributed by atoms with Gasteiger partial charge in [-0.2, -0.15) is 16.9 Å². The number of aryl methyl sites for hydroxylation is 1. The number of nitrogens with zero attached hydrogens (tertiary/aromatic N) is 4. The standard InChI is InChI=1S/C16H17ClN4OS/c17-13-6-18-3-1-15(13)20-7-11(8-20)9-21-16(22)5-12-10-23-4-2-14(12)19-21/h1,3,5-6,11H,2,4,7-10H2. The Morgan fingerprint density at radius 3 is 3.09 bits per heavy atom. The molecule has 0 atom stereocenters. The Hall–Kier alpha value is -1.53. The van der Waals surface area contributed by atoms with Gasteiger partial charge in [0, 0.05) is 49.6 Å². The van der Waals surface area contributed by atoms with Gasteiger partial charge in [0.2, 0.25) is 0 Å². The molecule has 5 nitrogen and oxygen atoms in total. The fourth-order valence-corrected chi connectivity index (χ4v) is 4.33. The third kappa shape index (κ3) is 2.97. The Morgan fingerprint density at radius 2 is 2.26 bits per heavy atom. The van der Waals surface area contributed by atoms with Gasteiger partial charge in [0.1, 0.15) is 0 Å². The lowest BCUT2D eigenvalue weighted by molar-refractivity contribution is 0.333. The fourth-order valence-electron chi connectivity index (χ4n) is 3.13. The van der Waals surface area contributed by atoms with Crippen LogP contribution in [0.1, 0.15) is 11.3 Å². The maximum absolute atomic E-state index is 12.2. The van der Waals surface area contributed by atoms with Crippen LogP contribution in [-0.2, 0) is 18.7 Å². The molecule has 0 spiro atoms. The molecule has 0 aliphatic carbocycles. The molecular weight excluding hydrogens is 332 g/mol. The van der Waals surface area contributed by atoms with Crippen molar-refractivity contribution >= 4 is 29.1 Å². The minimum absolute atomic E-state index is 0.0200. The molecule has 2 aliphatic heterocycles. The predicted molar refractivity (Wildman–Crippen MR) is 93.3 cm³/mol. The first-order valence-corrected chi connectivity index (χ1v) is 9.26. The second-order valence-electron chi connectivity index (χ2n) is 6.04. The van der Waals surface area contributed by atoms with Crippen LogP contribution in [0.15, 0.2) is 29.3 Å². The van der Waals surface area contributed by atoms with Crippen LogP contribution >= 0.6 is 23.4 Å². The highest BCUT2D eigenvalue weighted by molar-refractivity contribution is 7.98. The molecule has 23 heavy (non-hydrogen) atoms. The molecule has 4 rings (SSSR count). The zero-order valence-electron chi connectivity index (χ0n) is 12.6. The first kappa shape index (κ1) is 15.0. The first-order chi connectivity index (χ1) is 11.2. The summed E-state index contributed by atoms with van der Waals surface area (Å²) in [4.78, 5) is 18.4. The number of anilines is 1. The van der Waals surface area contributed by atoms with Crippen LogP contribution in [0.25, 0.3) is 0 Å². The molecule has 1 fully saturated rings. The average molecular weight is 349 g/mol. The maximum Gasteiger partial charge on any atom is 0.267 e. The summed E-state index contributed by atoms with van der Waals surface area (Å²) < 4.78 is 1.64. The molecule has 2 aromatic rings. The molecule has 2 aliphatic rings. The Labute approximate surface area is 143 Å². The van der Waals surface area contributed by atoms with Crippen molar-refractivity contribution in [2.45, 2.75) is 18.7 Å². The molecule has 0 saturated carbocycles. The third-order valence-corrected chi connectivity index (χ3v) is 5.68. The number of hydrogen-bond donors (Lipinski definition) is 0. The zero-order chi connectivity index (χ0) is 15.8. The van der Waals surface area contributed by atoms with E-state index in [1.807, 2.05) is 17.8 Å². The van der Waals surface area contributed by atoms with Gasteiger partial charge in [0.25, 0.3) is 5.56 Å². The SMILES string of the molecule is O=c1cc2c(nn1CC1CN(c3ccncc3Cl)C1)CCSC2. The molecule has 1 saturated heterocycles. The van der Waals surface area contributed by atoms with E-state index >= 15 is 0 Å². The molecule has 0 bridgehead atoms. The van der Waals surface area contributed by atoms with Crippen LogP contribution in [0.4, 0.5) is 5.69 Å². The Balaban J connectivity index is 1.45. The number of rotatable bonds is 3. The second kappa shape index (κ2) is 6.17. The first-order valence-electron chi connectivity index (χ1n) is 7.73. The summed E-state index contributed by atoms with van der Waals surface area (Å²) in [5, 5.41) is 5.26. The van der Waals surface area contributed by atoms with Crippen LogP contribution in [0.5, 0.6) is 0 Å². The highest BCUT2D eigenvalue weighted by atomic mass is 35.5. The van der Waals surface area contributed by atoms with Crippen molar-refractivity contribution in [3.8, 4) is 0 Å². The fraction of sp³-hybridized carbons (Fsp3) is 0.438. The van der Waals surface area contributed by atoms with Gasteiger partial charge >= 0.3 is 0 Å². The van der Waals surface area contributed by atoms with Crippen LogP contribution in [0.2, 0.25) is 5.02 Å². The summed E-state index contributed by atoms with van der Waals surface area (Å²) in [5.74, 6) is 2.44. The second-order valence-corrected chi connectivity index (χ2v) is 7.55. The monoisotopic (exact) mass is 348 g/mol. The van der Waals surface area contributed by atoms with E-state index in [1.54, 1.807) is 23.1 Å². The lowest BCUT2D eigenvalue weighted by Gasteiger charge is -2.41. The summed E-state index contributed by atoms with van der Waals surface area (Å²) >= 11 is 8.04. The van der Waals surface area contributed by atoms with Crippen LogP contribution in [-0.4, -0.2) is 33.6 Å². The maximum atomic E-state index is 12.2. The van der Waals surface area contributed by atoms with E-state index in [0.717, 1.165) is 48.0 Å². The molecule has 120 valence electrons. The summed E-state index contributed by atoms with van der Waals surface area (Å²) in [6.07, 6.45) is 4.38. The Bertz CT molecular complexity index is 788. The van der Waals surface area contributed by atoms with Crippen LogP contribution in [0.3, 0.4) is 0 Å². The van der Waals surface area contributed by atoms with E-state index in [2.05, 4.69) is 15.0 Å². The van der Waals surface area contributed by atoms with E-state index in [-0.39, 0.29) is 5.56 Å². The predicted octanol–water partition coefficient (Wildman–Crippen LogP) is 2.22. The molecular formula is C16H17ClN4OS. The van der Waals surface area contributed by atoms with Gasteiger partial charge in [-0.3, -0.25) is 9.78 Å². The number of halogens is 1. The highest BCUT2D eigenvalue weighted by Gasteiger charge is 2.29. The van der Waals surface area contributed by atoms with Gasteiger partial charge in [-0.25, -0.2) is 4.68 Å². The number of pyridine rings is 1. The number of hydrogen-bond acceptors (Lipinski definition) is 5. The van der Waals surface area contributed by atoms with E-state index in [4.69, 9.17) is 11.6 Å². The van der Waals surface area contributed by atoms with Crippen molar-refractivity contribution < 1.29 is 0 Å². The van der Waals surface area contributed by atoms with Gasteiger partial charge in [-0.1, -0.05) is 11.6 Å². The van der Waals surface area contributed by atoms with Crippen molar-refractivity contribution in [2.75, 3.05) is 23.7 Å². The summed E-state index contributed by atoms with van der Waals surface area (Å²) in [5.41, 5.74) is 3.24. The van der Waals surface area contributed by atoms with Crippen molar-refractivity contribution in [2.24, 2.45) is 5.92 Å². The Morgan fingerprint density at radius 1 is 1.39 bits per heavy atom. The normalized spacial score (nSPS) is 17.7.